The predicted octanol–water partition coefficient (Wildman–Crippen LogP) is 6.36. The first kappa shape index (κ1) is 30.3. The maximum Gasteiger partial charge on any atom is 0.410 e. The molecule has 1 N–H and O–H groups in total. The van der Waals surface area contributed by atoms with Crippen LogP contribution in [0.4, 0.5) is 9.18 Å². The van der Waals surface area contributed by atoms with Crippen LogP contribution in [-0.4, -0.2) is 66.8 Å². The highest BCUT2D eigenvalue weighted by molar-refractivity contribution is 9.10. The number of carbonyl (C=O) groups excluding carboxylic acids is 1. The highest BCUT2D eigenvalue weighted by atomic mass is 79.9. The fourth-order valence-electron chi connectivity index (χ4n) is 4.07. The Balaban J connectivity index is 0.000000177. The number of amides is 1. The van der Waals surface area contributed by atoms with E-state index in [4.69, 9.17) is 14.6 Å². The van der Waals surface area contributed by atoms with Gasteiger partial charge in [-0.3, -0.25) is 0 Å². The SMILES string of the molecule is CC(C)(C)OC(=O)N1CC(COc2cc(Br)cn3cncc23)C1.Fc1cc(Br)cn2cncc12.OCC1CCC1. The van der Waals surface area contributed by atoms with Crippen molar-refractivity contribution < 1.29 is 23.8 Å². The van der Waals surface area contributed by atoms with Gasteiger partial charge in [0, 0.05) is 47.0 Å². The second-order valence-electron chi connectivity index (χ2n) is 10.9. The molecule has 0 bridgehead atoms. The molecule has 0 radical (unpaired) electrons. The molecule has 1 saturated heterocycles. The molecule has 1 saturated carbocycles. The molecule has 2 aliphatic rings. The molecular formula is C28H34Br2FN5O4. The fourth-order valence-corrected chi connectivity index (χ4v) is 4.92. The summed E-state index contributed by atoms with van der Waals surface area (Å²) in [6.07, 6.45) is 13.8. The van der Waals surface area contributed by atoms with Gasteiger partial charge in [0.1, 0.15) is 28.2 Å². The second kappa shape index (κ2) is 13.3. The first-order valence-electron chi connectivity index (χ1n) is 13.1. The Morgan fingerprint density at radius 2 is 1.62 bits per heavy atom. The molecule has 0 unspecified atom stereocenters. The molecule has 5 heterocycles. The standard InChI is InChI=1S/C16H20BrN3O3.C7H4BrFN2.C5H10O/c1-16(2,3)23-15(21)19-6-11(7-19)9-22-14-4-12(17)8-20-10-18-5-13(14)20;8-5-1-6(9)7-2-10-4-11(7)3-5;6-4-5-2-1-3-5/h4-5,8,10-11H,6-7,9H2,1-3H3;1-4H;5-6H,1-4H2. The van der Waals surface area contributed by atoms with Crippen molar-refractivity contribution in [1.29, 1.82) is 0 Å². The van der Waals surface area contributed by atoms with E-state index < -0.39 is 5.60 Å². The van der Waals surface area contributed by atoms with Gasteiger partial charge in [-0.1, -0.05) is 6.42 Å². The zero-order valence-corrected chi connectivity index (χ0v) is 25.9. The van der Waals surface area contributed by atoms with Crippen molar-refractivity contribution in [1.82, 2.24) is 23.7 Å². The third-order valence-corrected chi connectivity index (χ3v) is 7.32. The molecule has 1 aliphatic carbocycles. The zero-order chi connectivity index (χ0) is 28.9. The molecule has 40 heavy (non-hydrogen) atoms. The van der Waals surface area contributed by atoms with Gasteiger partial charge in [0.25, 0.3) is 0 Å². The van der Waals surface area contributed by atoms with Crippen LogP contribution in [0.2, 0.25) is 0 Å². The Bertz CT molecular complexity index is 1420. The lowest BCUT2D eigenvalue weighted by molar-refractivity contribution is -0.00775. The van der Waals surface area contributed by atoms with Crippen LogP contribution in [0, 0.1) is 17.7 Å². The number of ether oxygens (including phenoxy) is 2. The van der Waals surface area contributed by atoms with E-state index in [1.807, 2.05) is 37.4 Å². The van der Waals surface area contributed by atoms with Crippen molar-refractivity contribution in [2.75, 3.05) is 26.3 Å². The summed E-state index contributed by atoms with van der Waals surface area (Å²) in [6.45, 7) is 7.92. The third kappa shape index (κ3) is 8.17. The number of imidazole rings is 2. The molecule has 9 nitrogen and oxygen atoms in total. The van der Waals surface area contributed by atoms with Gasteiger partial charge < -0.3 is 28.3 Å². The largest absolute Gasteiger partial charge is 0.491 e. The summed E-state index contributed by atoms with van der Waals surface area (Å²) in [5.74, 6) is 1.51. The Morgan fingerprint density at radius 3 is 2.17 bits per heavy atom. The monoisotopic (exact) mass is 681 g/mol. The topological polar surface area (TPSA) is 93.6 Å². The van der Waals surface area contributed by atoms with Crippen LogP contribution in [-0.2, 0) is 4.74 Å². The average molecular weight is 683 g/mol. The number of aliphatic hydroxyl groups is 1. The molecule has 2 fully saturated rings. The molecule has 0 spiro atoms. The molecule has 0 atom stereocenters. The molecule has 0 aromatic carbocycles. The van der Waals surface area contributed by atoms with Crippen LogP contribution in [0.3, 0.4) is 0 Å². The molecular weight excluding hydrogens is 649 g/mol. The minimum absolute atomic E-state index is 0.255. The van der Waals surface area contributed by atoms with Crippen molar-refractivity contribution in [3.63, 3.8) is 0 Å². The van der Waals surface area contributed by atoms with Crippen LogP contribution < -0.4 is 4.74 Å². The number of hydrogen-bond donors (Lipinski definition) is 1. The van der Waals surface area contributed by atoms with E-state index in [0.29, 0.717) is 48.1 Å². The van der Waals surface area contributed by atoms with Crippen molar-refractivity contribution in [3.05, 3.63) is 64.3 Å². The van der Waals surface area contributed by atoms with E-state index in [1.165, 1.54) is 31.5 Å². The Labute approximate surface area is 249 Å². The fraction of sp³-hybridized carbons (Fsp3) is 0.464. The number of carbonyl (C=O) groups is 1. The normalized spacial score (nSPS) is 15.4. The second-order valence-corrected chi connectivity index (χ2v) is 12.8. The number of nitrogens with zero attached hydrogens (tertiary/aromatic N) is 5. The highest BCUT2D eigenvalue weighted by Crippen LogP contribution is 2.27. The van der Waals surface area contributed by atoms with Gasteiger partial charge in [0.05, 0.1) is 31.7 Å². The first-order valence-corrected chi connectivity index (χ1v) is 14.7. The van der Waals surface area contributed by atoms with Crippen molar-refractivity contribution in [2.45, 2.75) is 45.6 Å². The highest BCUT2D eigenvalue weighted by Gasteiger charge is 2.34. The van der Waals surface area contributed by atoms with Crippen LogP contribution in [0.15, 0.2) is 58.5 Å². The van der Waals surface area contributed by atoms with Crippen LogP contribution >= 0.6 is 31.9 Å². The number of hydrogen-bond acceptors (Lipinski definition) is 6. The van der Waals surface area contributed by atoms with E-state index in [0.717, 1.165) is 15.7 Å². The minimum Gasteiger partial charge on any atom is -0.491 e. The number of halogens is 3. The molecule has 4 aromatic heterocycles. The summed E-state index contributed by atoms with van der Waals surface area (Å²) in [5.41, 5.74) is 0.965. The third-order valence-electron chi connectivity index (χ3n) is 6.45. The van der Waals surface area contributed by atoms with Crippen LogP contribution in [0.1, 0.15) is 40.0 Å². The lowest BCUT2D eigenvalue weighted by Crippen LogP contribution is -2.53. The summed E-state index contributed by atoms with van der Waals surface area (Å²) < 4.78 is 29.4. The maximum atomic E-state index is 13.0. The van der Waals surface area contributed by atoms with Crippen LogP contribution in [0.25, 0.3) is 11.0 Å². The summed E-state index contributed by atoms with van der Waals surface area (Å²) in [6, 6.07) is 3.35. The number of likely N-dealkylation sites (tertiary alicyclic amines) is 1. The smallest absolute Gasteiger partial charge is 0.410 e. The van der Waals surface area contributed by atoms with Gasteiger partial charge in [0.15, 0.2) is 0 Å². The van der Waals surface area contributed by atoms with E-state index in [1.54, 1.807) is 34.3 Å². The van der Waals surface area contributed by atoms with E-state index in [9.17, 15) is 9.18 Å². The van der Waals surface area contributed by atoms with Crippen LogP contribution in [0.5, 0.6) is 5.75 Å². The van der Waals surface area contributed by atoms with E-state index in [2.05, 4.69) is 41.8 Å². The van der Waals surface area contributed by atoms with E-state index in [-0.39, 0.29) is 11.9 Å². The van der Waals surface area contributed by atoms with Gasteiger partial charge in [-0.15, -0.1) is 0 Å². The van der Waals surface area contributed by atoms with Crippen molar-refractivity contribution in [2.24, 2.45) is 11.8 Å². The molecule has 6 rings (SSSR count). The maximum absolute atomic E-state index is 13.0. The summed E-state index contributed by atoms with van der Waals surface area (Å²) >= 11 is 6.64. The average Bonchev–Trinajstić information content (AvgIpc) is 3.46. The van der Waals surface area contributed by atoms with Gasteiger partial charge in [-0.25, -0.2) is 19.2 Å². The predicted molar refractivity (Wildman–Crippen MR) is 157 cm³/mol. The van der Waals surface area contributed by atoms with E-state index >= 15 is 0 Å². The molecule has 12 heteroatoms. The number of aliphatic hydroxyl groups excluding tert-OH is 1. The summed E-state index contributed by atoms with van der Waals surface area (Å²) in [5, 5.41) is 8.39. The summed E-state index contributed by atoms with van der Waals surface area (Å²) in [7, 11) is 0. The molecule has 1 aliphatic heterocycles. The molecule has 216 valence electrons. The van der Waals surface area contributed by atoms with Crippen molar-refractivity contribution in [3.8, 4) is 5.75 Å². The lowest BCUT2D eigenvalue weighted by atomic mass is 9.86. The minimum atomic E-state index is -0.456. The Morgan fingerprint density at radius 1 is 1.02 bits per heavy atom. The molecule has 4 aromatic rings. The van der Waals surface area contributed by atoms with Crippen molar-refractivity contribution >= 4 is 49.0 Å². The Hall–Kier alpha value is -2.70. The van der Waals surface area contributed by atoms with Gasteiger partial charge in [0.2, 0.25) is 0 Å². The zero-order valence-electron chi connectivity index (χ0n) is 22.8. The number of aromatic nitrogens is 4. The van der Waals surface area contributed by atoms with Gasteiger partial charge >= 0.3 is 6.09 Å². The van der Waals surface area contributed by atoms with Gasteiger partial charge in [-0.2, -0.15) is 0 Å². The quantitative estimate of drug-likeness (QED) is 0.270. The Kier molecular flexibility index (Phi) is 10.1. The lowest BCUT2D eigenvalue weighted by Gasteiger charge is -2.39. The summed E-state index contributed by atoms with van der Waals surface area (Å²) in [4.78, 5) is 21.5. The number of rotatable bonds is 4. The molecule has 1 amide bonds. The number of pyridine rings is 2. The van der Waals surface area contributed by atoms with Gasteiger partial charge in [-0.05, 0) is 83.5 Å². The first-order chi connectivity index (χ1) is 19.0. The number of fused-ring (bicyclic) bond motifs is 2.